The van der Waals surface area contributed by atoms with E-state index in [0.717, 1.165) is 0 Å². The topological polar surface area (TPSA) is 46.5 Å². The maximum Gasteiger partial charge on any atom is 0.490 e. The molecule has 9 heteroatoms. The van der Waals surface area contributed by atoms with Crippen molar-refractivity contribution in [3.8, 4) is 0 Å². The molecule has 0 fully saturated rings. The predicted molar refractivity (Wildman–Crippen MR) is 33.7 cm³/mol. The standard InChI is InChI=1S/C6H6F6O3/c1-2(13)3(5(7,8)9)15-4(14)6(10,11)12/h2-3,13H,1H3. The van der Waals surface area contributed by atoms with Gasteiger partial charge < -0.3 is 9.84 Å². The Balaban J connectivity index is 4.66. The predicted octanol–water partition coefficient (Wildman–Crippen LogP) is 1.40. The number of carbonyl (C=O) groups is 1. The highest BCUT2D eigenvalue weighted by atomic mass is 19.4. The van der Waals surface area contributed by atoms with Gasteiger partial charge in [0.25, 0.3) is 0 Å². The van der Waals surface area contributed by atoms with Gasteiger partial charge in [-0.3, -0.25) is 0 Å². The van der Waals surface area contributed by atoms with Crippen molar-refractivity contribution in [2.24, 2.45) is 0 Å². The van der Waals surface area contributed by atoms with Gasteiger partial charge in [0, 0.05) is 0 Å². The van der Waals surface area contributed by atoms with Crippen molar-refractivity contribution in [1.29, 1.82) is 0 Å². The Morgan fingerprint density at radius 3 is 1.80 bits per heavy atom. The van der Waals surface area contributed by atoms with Gasteiger partial charge in [0.15, 0.2) is 0 Å². The second kappa shape index (κ2) is 4.25. The van der Waals surface area contributed by atoms with E-state index in [4.69, 9.17) is 5.11 Å². The molecule has 90 valence electrons. The highest BCUT2D eigenvalue weighted by molar-refractivity contribution is 5.75. The summed E-state index contributed by atoms with van der Waals surface area (Å²) in [6, 6.07) is 0. The van der Waals surface area contributed by atoms with E-state index >= 15 is 0 Å². The zero-order valence-electron chi connectivity index (χ0n) is 7.19. The molecule has 0 rings (SSSR count). The maximum atomic E-state index is 11.9. The summed E-state index contributed by atoms with van der Waals surface area (Å²) in [7, 11) is 0. The van der Waals surface area contributed by atoms with Crippen LogP contribution in [0.25, 0.3) is 0 Å². The zero-order valence-corrected chi connectivity index (χ0v) is 7.19. The van der Waals surface area contributed by atoms with Crippen molar-refractivity contribution in [3.63, 3.8) is 0 Å². The van der Waals surface area contributed by atoms with Crippen molar-refractivity contribution < 1.29 is 41.0 Å². The van der Waals surface area contributed by atoms with Crippen LogP contribution in [0.15, 0.2) is 0 Å². The normalized spacial score (nSPS) is 17.1. The fourth-order valence-electron chi connectivity index (χ4n) is 0.621. The van der Waals surface area contributed by atoms with Crippen LogP contribution in [0.1, 0.15) is 6.92 Å². The van der Waals surface area contributed by atoms with E-state index in [1.165, 1.54) is 0 Å². The van der Waals surface area contributed by atoms with E-state index in [1.54, 1.807) is 0 Å². The third-order valence-electron chi connectivity index (χ3n) is 1.23. The molecule has 0 amide bonds. The van der Waals surface area contributed by atoms with Gasteiger partial charge in [-0.2, -0.15) is 26.3 Å². The van der Waals surface area contributed by atoms with Gasteiger partial charge in [-0.15, -0.1) is 0 Å². The number of carbonyl (C=O) groups excluding carboxylic acids is 1. The number of esters is 1. The van der Waals surface area contributed by atoms with Gasteiger partial charge in [-0.1, -0.05) is 0 Å². The summed E-state index contributed by atoms with van der Waals surface area (Å²) in [5, 5.41) is 8.50. The number of rotatable bonds is 2. The molecule has 0 saturated carbocycles. The lowest BCUT2D eigenvalue weighted by Crippen LogP contribution is -2.44. The van der Waals surface area contributed by atoms with Gasteiger partial charge >= 0.3 is 18.3 Å². The van der Waals surface area contributed by atoms with Crippen molar-refractivity contribution in [2.45, 2.75) is 31.5 Å². The highest BCUT2D eigenvalue weighted by Gasteiger charge is 2.51. The number of aliphatic hydroxyl groups is 1. The number of aliphatic hydroxyl groups excluding tert-OH is 1. The van der Waals surface area contributed by atoms with Crippen molar-refractivity contribution in [2.75, 3.05) is 0 Å². The highest BCUT2D eigenvalue weighted by Crippen LogP contribution is 2.28. The molecule has 0 heterocycles. The molecule has 0 aliphatic heterocycles. The fraction of sp³-hybridized carbons (Fsp3) is 0.833. The Kier molecular flexibility index (Phi) is 3.97. The largest absolute Gasteiger partial charge is 0.490 e. The van der Waals surface area contributed by atoms with Crippen LogP contribution in [0, 0.1) is 0 Å². The van der Waals surface area contributed by atoms with E-state index in [0.29, 0.717) is 6.92 Å². The van der Waals surface area contributed by atoms with Gasteiger partial charge in [-0.05, 0) is 6.92 Å². The Hall–Kier alpha value is -0.990. The molecule has 0 aromatic rings. The molecule has 1 N–H and O–H groups in total. The first kappa shape index (κ1) is 14.0. The summed E-state index contributed by atoms with van der Waals surface area (Å²) < 4.78 is 73.5. The van der Waals surface area contributed by atoms with E-state index in [2.05, 4.69) is 4.74 Å². The van der Waals surface area contributed by atoms with Crippen LogP contribution < -0.4 is 0 Å². The summed E-state index contributed by atoms with van der Waals surface area (Å²) in [5.74, 6) is -2.99. The van der Waals surface area contributed by atoms with E-state index in [9.17, 15) is 31.1 Å². The first-order valence-electron chi connectivity index (χ1n) is 3.49. The molecule has 2 unspecified atom stereocenters. The molecule has 15 heavy (non-hydrogen) atoms. The van der Waals surface area contributed by atoms with E-state index in [1.807, 2.05) is 0 Å². The number of ether oxygens (including phenoxy) is 1. The van der Waals surface area contributed by atoms with Gasteiger partial charge in [0.2, 0.25) is 6.10 Å². The lowest BCUT2D eigenvalue weighted by atomic mass is 10.2. The smallest absolute Gasteiger partial charge is 0.443 e. The van der Waals surface area contributed by atoms with Crippen LogP contribution in [0.4, 0.5) is 26.3 Å². The van der Waals surface area contributed by atoms with E-state index < -0.39 is 30.5 Å². The van der Waals surface area contributed by atoms with Crippen LogP contribution in [0.5, 0.6) is 0 Å². The maximum absolute atomic E-state index is 11.9. The van der Waals surface area contributed by atoms with Gasteiger partial charge in [-0.25, -0.2) is 4.79 Å². The van der Waals surface area contributed by atoms with Crippen LogP contribution >= 0.6 is 0 Å². The molecule has 0 saturated heterocycles. The molecule has 0 radical (unpaired) electrons. The number of halogens is 6. The Bertz CT molecular complexity index is 230. The second-order valence-electron chi connectivity index (χ2n) is 2.61. The Morgan fingerprint density at radius 2 is 1.60 bits per heavy atom. The molecular weight excluding hydrogens is 234 g/mol. The van der Waals surface area contributed by atoms with Crippen molar-refractivity contribution in [3.05, 3.63) is 0 Å². The number of hydrogen-bond donors (Lipinski definition) is 1. The zero-order chi connectivity index (χ0) is 12.4. The molecule has 0 spiro atoms. The minimum atomic E-state index is -5.53. The Labute approximate surface area is 79.6 Å². The third kappa shape index (κ3) is 4.36. The van der Waals surface area contributed by atoms with E-state index in [-0.39, 0.29) is 0 Å². The summed E-state index contributed by atoms with van der Waals surface area (Å²) in [6.45, 7) is 0.557. The molecule has 0 aliphatic carbocycles. The lowest BCUT2D eigenvalue weighted by Gasteiger charge is -2.23. The summed E-state index contributed by atoms with van der Waals surface area (Å²) in [5.41, 5.74) is 0. The SMILES string of the molecule is CC(O)C(OC(=O)C(F)(F)F)C(F)(F)F. The molecule has 3 nitrogen and oxygen atoms in total. The summed E-state index contributed by atoms with van der Waals surface area (Å²) in [6.07, 6.45) is -16.3. The fourth-order valence-corrected chi connectivity index (χ4v) is 0.621. The van der Waals surface area contributed by atoms with Crippen LogP contribution in [0.2, 0.25) is 0 Å². The van der Waals surface area contributed by atoms with Crippen LogP contribution in [-0.2, 0) is 9.53 Å². The molecule has 2 atom stereocenters. The molecule has 0 bridgehead atoms. The minimum absolute atomic E-state index is 0.557. The molecule has 0 aromatic heterocycles. The summed E-state index contributed by atoms with van der Waals surface area (Å²) >= 11 is 0. The van der Waals surface area contributed by atoms with Crippen molar-refractivity contribution in [1.82, 2.24) is 0 Å². The third-order valence-corrected chi connectivity index (χ3v) is 1.23. The lowest BCUT2D eigenvalue weighted by molar-refractivity contribution is -0.259. The number of alkyl halides is 6. The van der Waals surface area contributed by atoms with Gasteiger partial charge in [0.05, 0.1) is 6.10 Å². The number of hydrogen-bond acceptors (Lipinski definition) is 3. The van der Waals surface area contributed by atoms with Gasteiger partial charge in [0.1, 0.15) is 0 Å². The molecule has 0 aromatic carbocycles. The molecule has 0 aliphatic rings. The summed E-state index contributed by atoms with van der Waals surface area (Å²) in [4.78, 5) is 10.1. The second-order valence-corrected chi connectivity index (χ2v) is 2.61. The Morgan fingerprint density at radius 1 is 1.20 bits per heavy atom. The average Bonchev–Trinajstić information content (AvgIpc) is 1.94. The monoisotopic (exact) mass is 240 g/mol. The molecular formula is C6H6F6O3. The van der Waals surface area contributed by atoms with Crippen LogP contribution in [0.3, 0.4) is 0 Å². The first-order chi connectivity index (χ1) is 6.46. The average molecular weight is 240 g/mol. The van der Waals surface area contributed by atoms with Crippen molar-refractivity contribution >= 4 is 5.97 Å². The van der Waals surface area contributed by atoms with Crippen LogP contribution in [-0.4, -0.2) is 35.6 Å². The minimum Gasteiger partial charge on any atom is -0.443 e. The first-order valence-corrected chi connectivity index (χ1v) is 3.49. The quantitative estimate of drug-likeness (QED) is 0.586.